The van der Waals surface area contributed by atoms with E-state index in [0.717, 1.165) is 0 Å². The monoisotopic (exact) mass is 1050 g/mol. The topological polar surface area (TPSA) is 0 Å². The fourth-order valence-corrected chi connectivity index (χ4v) is 17.8. The number of rotatable bonds is 29. The molecule has 1 aliphatic rings. The first-order chi connectivity index (χ1) is 35.4. The van der Waals surface area contributed by atoms with E-state index >= 15 is 0 Å². The SMILES string of the molecule is CCCCCCCCC1(CCCCCCCC)c2cc(C)ccc2-c2c1cc(-c1ccc(-c3ccc(-c4sc(-c5ccc(-c6ccc(C)s6)s5)c(CCCCCC)c4CCCCCC)s3)s1)c1ccccc21. The third-order valence-corrected chi connectivity index (χ3v) is 22.2. The molecule has 0 fully saturated rings. The van der Waals surface area contributed by atoms with Crippen molar-refractivity contribution in [3.05, 3.63) is 130 Å². The summed E-state index contributed by atoms with van der Waals surface area (Å²) in [7, 11) is 0. The van der Waals surface area contributed by atoms with Gasteiger partial charge in [0.05, 0.1) is 0 Å². The maximum absolute atomic E-state index is 2.71. The zero-order chi connectivity index (χ0) is 49.9. The molecule has 0 atom stereocenters. The lowest BCUT2D eigenvalue weighted by molar-refractivity contribution is 0.398. The quantitative estimate of drug-likeness (QED) is 0.0410. The minimum atomic E-state index is 0.0457. The molecule has 0 saturated heterocycles. The molecule has 0 radical (unpaired) electrons. The van der Waals surface area contributed by atoms with Gasteiger partial charge in [-0.25, -0.2) is 0 Å². The summed E-state index contributed by atoms with van der Waals surface area (Å²) in [6.45, 7) is 13.9. The number of fused-ring (bicyclic) bond motifs is 5. The number of unbranched alkanes of at least 4 members (excludes halogenated alkanes) is 16. The highest BCUT2D eigenvalue weighted by Crippen LogP contribution is 2.58. The van der Waals surface area contributed by atoms with E-state index in [9.17, 15) is 0 Å². The molecule has 1 aliphatic carbocycles. The van der Waals surface area contributed by atoms with Crippen LogP contribution in [0.3, 0.4) is 0 Å². The standard InChI is InChI=1S/C67H82S5/c1-7-11-15-19-21-27-43-67(44-28-22-20-16-12-8-2)55-45-47(5)33-35-53(55)64-50-30-26-25-29-49(50)54(46-56(64)67)57-37-38-60(69-57)61-40-42-63(71-61)66-52(32-24-18-14-10-4)51(31-23-17-13-9-3)65(72-66)62-41-39-59(70-62)58-36-34-48(6)68-58/h25-26,29-30,33-42,45-46H,7-24,27-28,31-32,43-44H2,1-6H3. The van der Waals surface area contributed by atoms with E-state index in [-0.39, 0.29) is 5.41 Å². The van der Waals surface area contributed by atoms with Crippen molar-refractivity contribution in [2.24, 2.45) is 0 Å². The van der Waals surface area contributed by atoms with Gasteiger partial charge in [-0.3, -0.25) is 0 Å². The van der Waals surface area contributed by atoms with Crippen LogP contribution in [0.4, 0.5) is 0 Å². The molecule has 5 heteroatoms. The fraction of sp³-hybridized carbons (Fsp3) is 0.463. The van der Waals surface area contributed by atoms with Gasteiger partial charge in [-0.2, -0.15) is 0 Å². The van der Waals surface area contributed by atoms with Crippen molar-refractivity contribution in [1.82, 2.24) is 0 Å². The second-order valence-electron chi connectivity index (χ2n) is 21.3. The predicted molar refractivity (Wildman–Crippen MR) is 328 cm³/mol. The van der Waals surface area contributed by atoms with E-state index in [1.54, 1.807) is 22.3 Å². The van der Waals surface area contributed by atoms with Crippen LogP contribution >= 0.6 is 56.7 Å². The van der Waals surface area contributed by atoms with Crippen molar-refractivity contribution in [2.75, 3.05) is 0 Å². The molecule has 0 nitrogen and oxygen atoms in total. The Hall–Kier alpha value is -3.58. The van der Waals surface area contributed by atoms with Gasteiger partial charge in [0.2, 0.25) is 0 Å². The highest BCUT2D eigenvalue weighted by Gasteiger charge is 2.43. The van der Waals surface area contributed by atoms with Gasteiger partial charge in [-0.05, 0) is 157 Å². The molecular formula is C67H82S5. The maximum atomic E-state index is 2.71. The van der Waals surface area contributed by atoms with E-state index in [0.29, 0.717) is 0 Å². The van der Waals surface area contributed by atoms with Crippen LogP contribution in [0.2, 0.25) is 0 Å². The van der Waals surface area contributed by atoms with Crippen LogP contribution in [0.1, 0.15) is 202 Å². The second kappa shape index (κ2) is 25.8. The van der Waals surface area contributed by atoms with Crippen LogP contribution in [-0.2, 0) is 18.3 Å². The lowest BCUT2D eigenvalue weighted by Crippen LogP contribution is -2.26. The maximum Gasteiger partial charge on any atom is 0.0484 e. The van der Waals surface area contributed by atoms with E-state index in [4.69, 9.17) is 0 Å². The lowest BCUT2D eigenvalue weighted by atomic mass is 9.70. The molecule has 0 unspecified atom stereocenters. The summed E-state index contributed by atoms with van der Waals surface area (Å²) in [5.74, 6) is 0. The van der Waals surface area contributed by atoms with Crippen LogP contribution in [0.25, 0.3) is 71.4 Å². The molecular weight excluding hydrogens is 965 g/mol. The molecule has 5 heterocycles. The van der Waals surface area contributed by atoms with Crippen LogP contribution in [0.15, 0.2) is 97.1 Å². The van der Waals surface area contributed by atoms with E-state index in [1.165, 1.54) is 236 Å². The molecule has 8 aromatic rings. The Morgan fingerprint density at radius 2 is 0.819 bits per heavy atom. The molecule has 0 aliphatic heterocycles. The first kappa shape index (κ1) is 53.3. The molecule has 0 saturated carbocycles. The summed E-state index contributed by atoms with van der Waals surface area (Å²) in [6, 6.07) is 38.9. The first-order valence-corrected chi connectivity index (χ1v) is 32.7. The van der Waals surface area contributed by atoms with E-state index < -0.39 is 0 Å². The Kier molecular flexibility index (Phi) is 19.1. The van der Waals surface area contributed by atoms with Gasteiger partial charge in [-0.1, -0.05) is 191 Å². The number of aryl methyl sites for hydroxylation is 2. The smallest absolute Gasteiger partial charge is 0.0484 e. The Bertz CT molecular complexity index is 2960. The van der Waals surface area contributed by atoms with Gasteiger partial charge in [0.1, 0.15) is 0 Å². The summed E-state index contributed by atoms with van der Waals surface area (Å²) in [5.41, 5.74) is 12.4. The van der Waals surface area contributed by atoms with Gasteiger partial charge in [0.15, 0.2) is 0 Å². The average Bonchev–Trinajstić information content (AvgIpc) is 4.27. The molecule has 0 spiro atoms. The van der Waals surface area contributed by atoms with Crippen molar-refractivity contribution in [1.29, 1.82) is 0 Å². The van der Waals surface area contributed by atoms with Gasteiger partial charge in [0, 0.05) is 54.2 Å². The summed E-state index contributed by atoms with van der Waals surface area (Å²) >= 11 is 10.1. The summed E-state index contributed by atoms with van der Waals surface area (Å²) in [5, 5.41) is 2.83. The molecule has 0 amide bonds. The van der Waals surface area contributed by atoms with Crippen molar-refractivity contribution >= 4 is 67.5 Å². The molecule has 380 valence electrons. The molecule has 9 rings (SSSR count). The van der Waals surface area contributed by atoms with Crippen molar-refractivity contribution < 1.29 is 0 Å². The van der Waals surface area contributed by atoms with Crippen molar-refractivity contribution in [2.45, 2.75) is 201 Å². The van der Waals surface area contributed by atoms with Gasteiger partial charge in [-0.15, -0.1) is 56.7 Å². The Morgan fingerprint density at radius 1 is 0.361 bits per heavy atom. The lowest BCUT2D eigenvalue weighted by Gasteiger charge is -2.33. The van der Waals surface area contributed by atoms with Gasteiger partial charge in [0.25, 0.3) is 0 Å². The van der Waals surface area contributed by atoms with Crippen LogP contribution < -0.4 is 0 Å². The largest absolute Gasteiger partial charge is 0.140 e. The number of hydrogen-bond donors (Lipinski definition) is 0. The average molecular weight is 1050 g/mol. The third kappa shape index (κ3) is 11.9. The Morgan fingerprint density at radius 3 is 1.36 bits per heavy atom. The van der Waals surface area contributed by atoms with Crippen molar-refractivity contribution in [3.63, 3.8) is 0 Å². The number of hydrogen-bond acceptors (Lipinski definition) is 5. The summed E-state index contributed by atoms with van der Waals surface area (Å²) in [6.07, 6.45) is 31.3. The highest BCUT2D eigenvalue weighted by atomic mass is 32.1. The van der Waals surface area contributed by atoms with Crippen LogP contribution in [-0.4, -0.2) is 0 Å². The van der Waals surface area contributed by atoms with Crippen LogP contribution in [0.5, 0.6) is 0 Å². The predicted octanol–water partition coefficient (Wildman–Crippen LogP) is 24.1. The molecule has 5 aromatic heterocycles. The van der Waals surface area contributed by atoms with E-state index in [1.807, 2.05) is 45.3 Å². The molecule has 0 N–H and O–H groups in total. The zero-order valence-electron chi connectivity index (χ0n) is 44.7. The molecule has 0 bridgehead atoms. The van der Waals surface area contributed by atoms with Crippen LogP contribution in [0, 0.1) is 13.8 Å². The van der Waals surface area contributed by atoms with Crippen molar-refractivity contribution in [3.8, 4) is 60.6 Å². The molecule has 72 heavy (non-hydrogen) atoms. The summed E-state index contributed by atoms with van der Waals surface area (Å²) in [4.78, 5) is 14.4. The molecule has 3 aromatic carbocycles. The summed E-state index contributed by atoms with van der Waals surface area (Å²) < 4.78 is 0. The normalized spacial score (nSPS) is 12.9. The minimum Gasteiger partial charge on any atom is -0.140 e. The fourth-order valence-electron chi connectivity index (χ4n) is 12.0. The highest BCUT2D eigenvalue weighted by molar-refractivity contribution is 7.30. The third-order valence-electron chi connectivity index (χ3n) is 15.9. The number of benzene rings is 3. The second-order valence-corrected chi connectivity index (χ2v) is 26.9. The Balaban J connectivity index is 1.09. The zero-order valence-corrected chi connectivity index (χ0v) is 48.8. The Labute approximate surface area is 455 Å². The van der Waals surface area contributed by atoms with Gasteiger partial charge >= 0.3 is 0 Å². The number of thiophene rings is 5. The minimum absolute atomic E-state index is 0.0457. The van der Waals surface area contributed by atoms with E-state index in [2.05, 4.69) is 150 Å². The van der Waals surface area contributed by atoms with Gasteiger partial charge < -0.3 is 0 Å². The first-order valence-electron chi connectivity index (χ1n) is 28.6.